The Morgan fingerprint density at radius 3 is 2.52 bits per heavy atom. The van der Waals surface area contributed by atoms with Gasteiger partial charge in [-0.3, -0.25) is 4.79 Å². The Labute approximate surface area is 172 Å². The van der Waals surface area contributed by atoms with E-state index in [1.54, 1.807) is 18.5 Å². The number of amides is 1. The fraction of sp³-hybridized carbons (Fsp3) is 0.522. The number of hydrogen-bond acceptors (Lipinski definition) is 5. The third-order valence-electron chi connectivity index (χ3n) is 5.97. The van der Waals surface area contributed by atoms with Gasteiger partial charge in [0.05, 0.1) is 12.1 Å². The molecule has 2 aromatic rings. The molecule has 6 heteroatoms. The summed E-state index contributed by atoms with van der Waals surface area (Å²) < 4.78 is 6.07. The summed E-state index contributed by atoms with van der Waals surface area (Å²) in [5.74, 6) is 0.744. The predicted octanol–water partition coefficient (Wildman–Crippen LogP) is 3.14. The van der Waals surface area contributed by atoms with Gasteiger partial charge in [-0.05, 0) is 55.7 Å². The Hall–Kier alpha value is -2.47. The molecule has 1 aromatic heterocycles. The molecule has 0 aliphatic heterocycles. The van der Waals surface area contributed by atoms with E-state index < -0.39 is 0 Å². The maximum Gasteiger partial charge on any atom is 0.223 e. The van der Waals surface area contributed by atoms with Crippen molar-refractivity contribution >= 4 is 11.9 Å². The number of benzene rings is 1. The van der Waals surface area contributed by atoms with Crippen LogP contribution in [0.1, 0.15) is 43.7 Å². The zero-order valence-electron chi connectivity index (χ0n) is 17.0. The van der Waals surface area contributed by atoms with Crippen LogP contribution in [0.2, 0.25) is 0 Å². The lowest BCUT2D eigenvalue weighted by atomic mass is 9.83. The van der Waals surface area contributed by atoms with Crippen LogP contribution in [0.5, 0.6) is 0 Å². The largest absolute Gasteiger partial charge is 0.376 e. The monoisotopic (exact) mass is 394 g/mol. The van der Waals surface area contributed by atoms with Crippen molar-refractivity contribution in [3.63, 3.8) is 0 Å². The molecule has 2 aliphatic carbocycles. The molecule has 0 saturated heterocycles. The number of rotatable bonds is 7. The number of aromatic nitrogens is 2. The molecule has 1 aromatic carbocycles. The summed E-state index contributed by atoms with van der Waals surface area (Å²) in [7, 11) is 0. The number of hydrogen-bond donors (Lipinski definition) is 2. The first-order valence-electron chi connectivity index (χ1n) is 10.7. The van der Waals surface area contributed by atoms with E-state index in [0.29, 0.717) is 5.95 Å². The molecule has 3 atom stereocenters. The highest BCUT2D eigenvalue weighted by molar-refractivity contribution is 5.79. The van der Waals surface area contributed by atoms with E-state index in [1.165, 1.54) is 11.1 Å². The normalized spacial score (nSPS) is 24.1. The van der Waals surface area contributed by atoms with Crippen LogP contribution in [0, 0.1) is 5.92 Å². The number of ether oxygens (including phenoxy) is 1. The summed E-state index contributed by atoms with van der Waals surface area (Å²) in [6.45, 7) is 2.84. The van der Waals surface area contributed by atoms with Crippen molar-refractivity contribution in [1.82, 2.24) is 15.3 Å². The van der Waals surface area contributed by atoms with Crippen molar-refractivity contribution in [2.75, 3.05) is 11.9 Å². The highest BCUT2D eigenvalue weighted by Crippen LogP contribution is 2.30. The number of carbonyl (C=O) groups is 1. The SMILES string of the molecule is CCCO[C@@H]1CC[C@H](C(=O)NC2Cc3ccccc3C2)C[C@H]1Nc1ncccn1. The molecular formula is C23H30N4O2. The van der Waals surface area contributed by atoms with E-state index in [4.69, 9.17) is 4.74 Å². The number of fused-ring (bicyclic) bond motifs is 1. The van der Waals surface area contributed by atoms with Crippen LogP contribution < -0.4 is 10.6 Å². The molecule has 4 rings (SSSR count). The lowest BCUT2D eigenvalue weighted by Gasteiger charge is -2.36. The van der Waals surface area contributed by atoms with Gasteiger partial charge in [0.25, 0.3) is 0 Å². The third kappa shape index (κ3) is 4.93. The maximum atomic E-state index is 13.0. The molecule has 154 valence electrons. The smallest absolute Gasteiger partial charge is 0.223 e. The van der Waals surface area contributed by atoms with Crippen LogP contribution in [0.15, 0.2) is 42.7 Å². The van der Waals surface area contributed by atoms with Crippen molar-refractivity contribution in [2.24, 2.45) is 5.92 Å². The predicted molar refractivity (Wildman–Crippen MR) is 113 cm³/mol. The van der Waals surface area contributed by atoms with E-state index in [0.717, 1.165) is 45.1 Å². The summed E-state index contributed by atoms with van der Waals surface area (Å²) in [5.41, 5.74) is 2.71. The fourth-order valence-corrected chi connectivity index (χ4v) is 4.52. The lowest BCUT2D eigenvalue weighted by Crippen LogP contribution is -2.47. The zero-order chi connectivity index (χ0) is 20.1. The van der Waals surface area contributed by atoms with E-state index in [1.807, 2.05) is 0 Å². The molecule has 1 fully saturated rings. The summed E-state index contributed by atoms with van der Waals surface area (Å²) in [6.07, 6.45) is 8.83. The second-order valence-corrected chi connectivity index (χ2v) is 8.12. The average Bonchev–Trinajstić information content (AvgIpc) is 3.15. The number of carbonyl (C=O) groups excluding carboxylic acids is 1. The molecular weight excluding hydrogens is 364 g/mol. The molecule has 1 saturated carbocycles. The minimum absolute atomic E-state index is 0.0126. The van der Waals surface area contributed by atoms with Crippen molar-refractivity contribution in [2.45, 2.75) is 63.6 Å². The summed E-state index contributed by atoms with van der Waals surface area (Å²) in [5, 5.41) is 6.70. The molecule has 1 amide bonds. The molecule has 0 radical (unpaired) electrons. The Kier molecular flexibility index (Phi) is 6.39. The van der Waals surface area contributed by atoms with E-state index in [2.05, 4.69) is 51.8 Å². The number of nitrogens with one attached hydrogen (secondary N) is 2. The van der Waals surface area contributed by atoms with Crippen LogP contribution in [0.3, 0.4) is 0 Å². The second kappa shape index (κ2) is 9.35. The second-order valence-electron chi connectivity index (χ2n) is 8.12. The third-order valence-corrected chi connectivity index (χ3v) is 5.97. The maximum absolute atomic E-state index is 13.0. The molecule has 29 heavy (non-hydrogen) atoms. The average molecular weight is 395 g/mol. The Balaban J connectivity index is 1.37. The Morgan fingerprint density at radius 2 is 1.83 bits per heavy atom. The van der Waals surface area contributed by atoms with E-state index in [9.17, 15) is 4.79 Å². The molecule has 0 bridgehead atoms. The minimum atomic E-state index is -0.0126. The van der Waals surface area contributed by atoms with Crippen molar-refractivity contribution in [3.8, 4) is 0 Å². The quantitative estimate of drug-likeness (QED) is 0.755. The molecule has 2 N–H and O–H groups in total. The molecule has 0 spiro atoms. The molecule has 1 heterocycles. The standard InChI is InChI=1S/C23H30N4O2/c1-2-12-29-21-9-8-18(15-20(21)27-23-24-10-5-11-25-23)22(28)26-19-13-16-6-3-4-7-17(16)14-19/h3-7,10-11,18-21H,2,8-9,12-15H2,1H3,(H,26,28)(H,24,25,27)/t18-,20+,21+/m0/s1. The van der Waals surface area contributed by atoms with Gasteiger partial charge in [0.15, 0.2) is 0 Å². The summed E-state index contributed by atoms with van der Waals surface area (Å²) in [4.78, 5) is 21.6. The van der Waals surface area contributed by atoms with Gasteiger partial charge in [0, 0.05) is 31.0 Å². The first-order valence-corrected chi connectivity index (χ1v) is 10.7. The van der Waals surface area contributed by atoms with Gasteiger partial charge >= 0.3 is 0 Å². The fourth-order valence-electron chi connectivity index (χ4n) is 4.52. The van der Waals surface area contributed by atoms with Crippen molar-refractivity contribution < 1.29 is 9.53 Å². The highest BCUT2D eigenvalue weighted by Gasteiger charge is 2.36. The Bertz CT molecular complexity index is 789. The topological polar surface area (TPSA) is 76.1 Å². The minimum Gasteiger partial charge on any atom is -0.376 e. The van der Waals surface area contributed by atoms with Gasteiger partial charge in [-0.25, -0.2) is 9.97 Å². The Morgan fingerprint density at radius 1 is 1.10 bits per heavy atom. The van der Waals surface area contributed by atoms with Crippen LogP contribution in [-0.4, -0.2) is 40.7 Å². The van der Waals surface area contributed by atoms with Crippen LogP contribution in [0.25, 0.3) is 0 Å². The zero-order valence-corrected chi connectivity index (χ0v) is 17.0. The summed E-state index contributed by atoms with van der Waals surface area (Å²) in [6, 6.07) is 10.5. The molecule has 2 aliphatic rings. The van der Waals surface area contributed by atoms with Gasteiger partial charge < -0.3 is 15.4 Å². The number of anilines is 1. The van der Waals surface area contributed by atoms with Gasteiger partial charge in [-0.2, -0.15) is 0 Å². The lowest BCUT2D eigenvalue weighted by molar-refractivity contribution is -0.127. The molecule has 0 unspecified atom stereocenters. The first-order chi connectivity index (χ1) is 14.2. The van der Waals surface area contributed by atoms with Crippen LogP contribution in [-0.2, 0) is 22.4 Å². The molecule has 6 nitrogen and oxygen atoms in total. The summed E-state index contributed by atoms with van der Waals surface area (Å²) >= 11 is 0. The van der Waals surface area contributed by atoms with Crippen LogP contribution in [0.4, 0.5) is 5.95 Å². The highest BCUT2D eigenvalue weighted by atomic mass is 16.5. The van der Waals surface area contributed by atoms with Crippen molar-refractivity contribution in [3.05, 3.63) is 53.9 Å². The van der Waals surface area contributed by atoms with Gasteiger partial charge in [0.1, 0.15) is 0 Å². The van der Waals surface area contributed by atoms with E-state index in [-0.39, 0.29) is 30.0 Å². The van der Waals surface area contributed by atoms with Gasteiger partial charge in [0.2, 0.25) is 11.9 Å². The van der Waals surface area contributed by atoms with Gasteiger partial charge in [-0.15, -0.1) is 0 Å². The first kappa shape index (κ1) is 19.8. The van der Waals surface area contributed by atoms with Gasteiger partial charge in [-0.1, -0.05) is 31.2 Å². The van der Waals surface area contributed by atoms with Crippen LogP contribution >= 0.6 is 0 Å². The van der Waals surface area contributed by atoms with E-state index >= 15 is 0 Å². The number of nitrogens with zero attached hydrogens (tertiary/aromatic N) is 2. The van der Waals surface area contributed by atoms with Crippen molar-refractivity contribution in [1.29, 1.82) is 0 Å².